The summed E-state index contributed by atoms with van der Waals surface area (Å²) in [6.07, 6.45) is 2.88. The van der Waals surface area contributed by atoms with Gasteiger partial charge in [0.05, 0.1) is 17.8 Å². The zero-order chi connectivity index (χ0) is 15.6. The Balaban J connectivity index is 1.48. The third-order valence-electron chi connectivity index (χ3n) is 4.17. The third kappa shape index (κ3) is 2.77. The Labute approximate surface area is 138 Å². The molecule has 1 saturated heterocycles. The molecule has 4 rings (SSSR count). The number of carbonyl (C=O) groups is 1. The first-order chi connectivity index (χ1) is 11.3. The van der Waals surface area contributed by atoms with Gasteiger partial charge in [-0.3, -0.25) is 4.79 Å². The quantitative estimate of drug-likeness (QED) is 0.744. The third-order valence-corrected chi connectivity index (χ3v) is 4.86. The van der Waals surface area contributed by atoms with Crippen molar-refractivity contribution in [2.24, 2.45) is 0 Å². The zero-order valence-electron chi connectivity index (χ0n) is 12.5. The Bertz CT molecular complexity index is 797. The SMILES string of the molecule is O=C(c1ccsc1)N1CC[C@@H](n2cc(-c3ccccc3)nn2)C1. The van der Waals surface area contributed by atoms with Gasteiger partial charge in [-0.05, 0) is 17.9 Å². The summed E-state index contributed by atoms with van der Waals surface area (Å²) in [5, 5.41) is 12.4. The Morgan fingerprint density at radius 1 is 1.22 bits per heavy atom. The highest BCUT2D eigenvalue weighted by molar-refractivity contribution is 7.08. The maximum Gasteiger partial charge on any atom is 0.254 e. The van der Waals surface area contributed by atoms with Crippen molar-refractivity contribution in [1.82, 2.24) is 19.9 Å². The van der Waals surface area contributed by atoms with Crippen molar-refractivity contribution >= 4 is 17.2 Å². The molecule has 116 valence electrons. The summed E-state index contributed by atoms with van der Waals surface area (Å²) in [4.78, 5) is 14.3. The fourth-order valence-corrected chi connectivity index (χ4v) is 3.54. The number of carbonyl (C=O) groups excluding carboxylic acids is 1. The molecular formula is C17H16N4OS. The highest BCUT2D eigenvalue weighted by atomic mass is 32.1. The maximum absolute atomic E-state index is 12.4. The second kappa shape index (κ2) is 5.96. The van der Waals surface area contributed by atoms with Gasteiger partial charge in [0, 0.05) is 24.0 Å². The van der Waals surface area contributed by atoms with Crippen LogP contribution in [0.4, 0.5) is 0 Å². The van der Waals surface area contributed by atoms with Gasteiger partial charge >= 0.3 is 0 Å². The summed E-state index contributed by atoms with van der Waals surface area (Å²) in [5.41, 5.74) is 2.70. The minimum Gasteiger partial charge on any atom is -0.336 e. The van der Waals surface area contributed by atoms with Crippen LogP contribution in [0.5, 0.6) is 0 Å². The van der Waals surface area contributed by atoms with E-state index in [0.29, 0.717) is 6.54 Å². The summed E-state index contributed by atoms with van der Waals surface area (Å²) in [7, 11) is 0. The van der Waals surface area contributed by atoms with Gasteiger partial charge in [0.1, 0.15) is 5.69 Å². The molecule has 2 aromatic heterocycles. The van der Waals surface area contributed by atoms with Crippen molar-refractivity contribution in [1.29, 1.82) is 0 Å². The number of hydrogen-bond acceptors (Lipinski definition) is 4. The van der Waals surface area contributed by atoms with Crippen LogP contribution in [-0.2, 0) is 0 Å². The van der Waals surface area contributed by atoms with E-state index >= 15 is 0 Å². The van der Waals surface area contributed by atoms with Gasteiger partial charge < -0.3 is 4.90 Å². The van der Waals surface area contributed by atoms with Gasteiger partial charge in [-0.25, -0.2) is 4.68 Å². The zero-order valence-corrected chi connectivity index (χ0v) is 13.3. The first kappa shape index (κ1) is 14.1. The molecule has 1 aliphatic rings. The normalized spacial score (nSPS) is 17.6. The van der Waals surface area contributed by atoms with E-state index in [1.54, 1.807) is 11.3 Å². The number of amides is 1. The second-order valence-electron chi connectivity index (χ2n) is 5.66. The van der Waals surface area contributed by atoms with Crippen LogP contribution in [0.2, 0.25) is 0 Å². The number of nitrogens with zero attached hydrogens (tertiary/aromatic N) is 4. The van der Waals surface area contributed by atoms with E-state index in [9.17, 15) is 4.79 Å². The predicted octanol–water partition coefficient (Wildman–Crippen LogP) is 3.09. The maximum atomic E-state index is 12.4. The average Bonchev–Trinajstić information content (AvgIpc) is 3.35. The van der Waals surface area contributed by atoms with E-state index in [1.807, 2.05) is 62.9 Å². The van der Waals surface area contributed by atoms with Gasteiger partial charge in [0.25, 0.3) is 5.91 Å². The average molecular weight is 324 g/mol. The lowest BCUT2D eigenvalue weighted by Gasteiger charge is -2.15. The highest BCUT2D eigenvalue weighted by Crippen LogP contribution is 2.25. The van der Waals surface area contributed by atoms with Crippen LogP contribution < -0.4 is 0 Å². The van der Waals surface area contributed by atoms with Crippen molar-refractivity contribution in [3.05, 3.63) is 58.9 Å². The minimum absolute atomic E-state index is 0.108. The molecule has 3 aromatic rings. The Morgan fingerprint density at radius 3 is 2.87 bits per heavy atom. The lowest BCUT2D eigenvalue weighted by molar-refractivity contribution is 0.0787. The van der Waals surface area contributed by atoms with Crippen LogP contribution in [0.1, 0.15) is 22.8 Å². The van der Waals surface area contributed by atoms with E-state index in [4.69, 9.17) is 0 Å². The minimum atomic E-state index is 0.108. The number of rotatable bonds is 3. The number of aromatic nitrogens is 3. The molecule has 1 amide bonds. The molecule has 1 fully saturated rings. The Hall–Kier alpha value is -2.47. The lowest BCUT2D eigenvalue weighted by Crippen LogP contribution is -2.28. The molecule has 0 bridgehead atoms. The summed E-state index contributed by atoms with van der Waals surface area (Å²) in [6, 6.07) is 12.1. The van der Waals surface area contributed by atoms with Crippen LogP contribution in [-0.4, -0.2) is 38.9 Å². The molecule has 23 heavy (non-hydrogen) atoms. The Morgan fingerprint density at radius 2 is 2.09 bits per heavy atom. The largest absolute Gasteiger partial charge is 0.336 e. The second-order valence-corrected chi connectivity index (χ2v) is 6.44. The van der Waals surface area contributed by atoms with Crippen LogP contribution in [0.25, 0.3) is 11.3 Å². The molecule has 0 aliphatic carbocycles. The molecule has 5 nitrogen and oxygen atoms in total. The molecule has 0 saturated carbocycles. The van der Waals surface area contributed by atoms with E-state index < -0.39 is 0 Å². The van der Waals surface area contributed by atoms with Crippen molar-refractivity contribution in [3.63, 3.8) is 0 Å². The smallest absolute Gasteiger partial charge is 0.254 e. The van der Waals surface area contributed by atoms with Gasteiger partial charge in [0.2, 0.25) is 0 Å². The molecule has 1 aromatic carbocycles. The number of benzene rings is 1. The fourth-order valence-electron chi connectivity index (χ4n) is 2.91. The van der Waals surface area contributed by atoms with Crippen molar-refractivity contribution < 1.29 is 4.79 Å². The van der Waals surface area contributed by atoms with E-state index in [-0.39, 0.29) is 11.9 Å². The molecule has 1 aliphatic heterocycles. The van der Waals surface area contributed by atoms with Gasteiger partial charge in [0.15, 0.2) is 0 Å². The number of thiophene rings is 1. The van der Waals surface area contributed by atoms with Crippen molar-refractivity contribution in [3.8, 4) is 11.3 Å². The summed E-state index contributed by atoms with van der Waals surface area (Å²) in [6.45, 7) is 1.45. The van der Waals surface area contributed by atoms with Crippen molar-refractivity contribution in [2.75, 3.05) is 13.1 Å². The molecule has 6 heteroatoms. The molecule has 1 atom stereocenters. The first-order valence-electron chi connectivity index (χ1n) is 7.60. The number of likely N-dealkylation sites (tertiary alicyclic amines) is 1. The standard InChI is InChI=1S/C17H16N4OS/c22-17(14-7-9-23-12-14)20-8-6-15(10-20)21-11-16(18-19-21)13-4-2-1-3-5-13/h1-5,7,9,11-12,15H,6,8,10H2/t15-/m1/s1. The molecule has 0 N–H and O–H groups in total. The highest BCUT2D eigenvalue weighted by Gasteiger charge is 2.29. The molecule has 3 heterocycles. The van der Waals surface area contributed by atoms with E-state index in [2.05, 4.69) is 10.3 Å². The first-order valence-corrected chi connectivity index (χ1v) is 8.54. The number of hydrogen-bond donors (Lipinski definition) is 0. The summed E-state index contributed by atoms with van der Waals surface area (Å²) >= 11 is 1.55. The van der Waals surface area contributed by atoms with Crippen LogP contribution in [0, 0.1) is 0 Å². The lowest BCUT2D eigenvalue weighted by atomic mass is 10.2. The fraction of sp³-hybridized carbons (Fsp3) is 0.235. The van der Waals surface area contributed by atoms with Gasteiger partial charge in [-0.2, -0.15) is 11.3 Å². The predicted molar refractivity (Wildman–Crippen MR) is 89.3 cm³/mol. The van der Waals surface area contributed by atoms with Gasteiger partial charge in [-0.15, -0.1) is 5.10 Å². The van der Waals surface area contributed by atoms with Crippen LogP contribution in [0.3, 0.4) is 0 Å². The van der Waals surface area contributed by atoms with Crippen molar-refractivity contribution in [2.45, 2.75) is 12.5 Å². The monoisotopic (exact) mass is 324 g/mol. The molecular weight excluding hydrogens is 308 g/mol. The summed E-state index contributed by atoms with van der Waals surface area (Å²) < 4.78 is 1.89. The molecule has 0 unspecified atom stereocenters. The topological polar surface area (TPSA) is 51.0 Å². The summed E-state index contributed by atoms with van der Waals surface area (Å²) in [5.74, 6) is 0.108. The van der Waals surface area contributed by atoms with E-state index in [0.717, 1.165) is 29.8 Å². The molecule has 0 spiro atoms. The Kier molecular flexibility index (Phi) is 3.67. The van der Waals surface area contributed by atoms with E-state index in [1.165, 1.54) is 0 Å². The van der Waals surface area contributed by atoms with Gasteiger partial charge in [-0.1, -0.05) is 35.5 Å². The van der Waals surface area contributed by atoms with Crippen LogP contribution in [0.15, 0.2) is 53.4 Å². The van der Waals surface area contributed by atoms with Crippen LogP contribution >= 0.6 is 11.3 Å². The molecule has 0 radical (unpaired) electrons.